The van der Waals surface area contributed by atoms with Crippen LogP contribution in [0.25, 0.3) is 0 Å². The van der Waals surface area contributed by atoms with Gasteiger partial charge in [-0.3, -0.25) is 9.69 Å². The minimum absolute atomic E-state index is 0.0468. The second-order valence-electron chi connectivity index (χ2n) is 8.20. The molecule has 3 heterocycles. The van der Waals surface area contributed by atoms with Gasteiger partial charge in [-0.05, 0) is 43.3 Å². The molecular formula is C21H30N2OS2. The Kier molecular flexibility index (Phi) is 5.87. The zero-order chi connectivity index (χ0) is 18.0. The highest BCUT2D eigenvalue weighted by atomic mass is 32.2. The topological polar surface area (TPSA) is 23.6 Å². The Labute approximate surface area is 166 Å². The number of amides is 1. The van der Waals surface area contributed by atoms with Crippen molar-refractivity contribution in [1.29, 1.82) is 0 Å². The molecule has 0 saturated carbocycles. The first-order valence-corrected chi connectivity index (χ1v) is 12.2. The van der Waals surface area contributed by atoms with Crippen LogP contribution in [0.4, 0.5) is 0 Å². The minimum Gasteiger partial charge on any atom is -0.345 e. The number of rotatable bonds is 2. The first-order chi connectivity index (χ1) is 12.7. The van der Waals surface area contributed by atoms with E-state index in [2.05, 4.69) is 52.7 Å². The van der Waals surface area contributed by atoms with Crippen LogP contribution in [0.15, 0.2) is 30.3 Å². The summed E-state index contributed by atoms with van der Waals surface area (Å²) in [5.41, 5.74) is 1.51. The fourth-order valence-electron chi connectivity index (χ4n) is 4.92. The lowest BCUT2D eigenvalue weighted by Crippen LogP contribution is -2.54. The van der Waals surface area contributed by atoms with Crippen molar-refractivity contribution in [3.63, 3.8) is 0 Å². The lowest BCUT2D eigenvalue weighted by atomic mass is 9.67. The molecule has 0 radical (unpaired) electrons. The molecule has 3 fully saturated rings. The summed E-state index contributed by atoms with van der Waals surface area (Å²) in [6, 6.07) is 11.2. The summed E-state index contributed by atoms with van der Waals surface area (Å²) < 4.78 is 0. The molecule has 5 heteroatoms. The van der Waals surface area contributed by atoms with Crippen LogP contribution in [-0.2, 0) is 4.79 Å². The van der Waals surface area contributed by atoms with Crippen molar-refractivity contribution < 1.29 is 4.79 Å². The maximum absolute atomic E-state index is 12.8. The van der Waals surface area contributed by atoms with E-state index in [0.717, 1.165) is 19.0 Å². The van der Waals surface area contributed by atoms with Gasteiger partial charge in [0.05, 0.1) is 5.92 Å². The largest absolute Gasteiger partial charge is 0.345 e. The predicted molar refractivity (Wildman–Crippen MR) is 113 cm³/mol. The number of piperidine rings is 2. The second-order valence-corrected chi connectivity index (χ2v) is 10.5. The van der Waals surface area contributed by atoms with E-state index in [-0.39, 0.29) is 5.92 Å². The predicted octanol–water partition coefficient (Wildman–Crippen LogP) is 3.56. The minimum atomic E-state index is 0.0468. The Bertz CT molecular complexity index is 608. The van der Waals surface area contributed by atoms with Crippen molar-refractivity contribution in [2.45, 2.75) is 31.2 Å². The monoisotopic (exact) mass is 390 g/mol. The van der Waals surface area contributed by atoms with Gasteiger partial charge in [-0.2, -0.15) is 23.5 Å². The second kappa shape index (κ2) is 8.15. The van der Waals surface area contributed by atoms with Crippen LogP contribution >= 0.6 is 23.5 Å². The number of nitrogens with zero attached hydrogens (tertiary/aromatic N) is 2. The van der Waals surface area contributed by atoms with Gasteiger partial charge in [0.25, 0.3) is 0 Å². The Morgan fingerprint density at radius 2 is 1.69 bits per heavy atom. The van der Waals surface area contributed by atoms with E-state index < -0.39 is 0 Å². The number of thioether (sulfide) groups is 2. The van der Waals surface area contributed by atoms with Gasteiger partial charge in [-0.15, -0.1) is 0 Å². The van der Waals surface area contributed by atoms with Gasteiger partial charge in [0.2, 0.25) is 5.91 Å². The number of hydrogen-bond acceptors (Lipinski definition) is 4. The van der Waals surface area contributed by atoms with E-state index >= 15 is 0 Å². The Balaban J connectivity index is 1.44. The molecule has 142 valence electrons. The van der Waals surface area contributed by atoms with Gasteiger partial charge in [0.1, 0.15) is 0 Å². The van der Waals surface area contributed by atoms with E-state index in [4.69, 9.17) is 0 Å². The van der Waals surface area contributed by atoms with E-state index in [1.165, 1.54) is 54.5 Å². The number of benzene rings is 1. The Morgan fingerprint density at radius 1 is 1.04 bits per heavy atom. The van der Waals surface area contributed by atoms with Crippen LogP contribution in [0.1, 0.15) is 30.7 Å². The standard InChI is InChI=1S/C21H30N2OS2/c1-22-16-21(13-19(20(22)24)17-5-3-2-4-6-17)7-9-23(10-8-21)18-14-25-11-12-26-15-18/h2-6,18-19H,7-16H2,1H3. The Hall–Kier alpha value is -0.650. The first kappa shape index (κ1) is 18.7. The third kappa shape index (κ3) is 3.95. The molecule has 1 unspecified atom stereocenters. The summed E-state index contributed by atoms with van der Waals surface area (Å²) in [7, 11) is 2.00. The van der Waals surface area contributed by atoms with E-state index in [0.29, 0.717) is 11.3 Å². The molecule has 1 aromatic carbocycles. The summed E-state index contributed by atoms with van der Waals surface area (Å²) in [5, 5.41) is 0. The van der Waals surface area contributed by atoms with Crippen LogP contribution < -0.4 is 0 Å². The molecule has 0 bridgehead atoms. The molecule has 0 aliphatic carbocycles. The average Bonchev–Trinajstić information content (AvgIpc) is 2.96. The Morgan fingerprint density at radius 3 is 2.35 bits per heavy atom. The van der Waals surface area contributed by atoms with Crippen LogP contribution in [0.5, 0.6) is 0 Å². The molecule has 1 aromatic rings. The van der Waals surface area contributed by atoms with Crippen molar-refractivity contribution in [1.82, 2.24) is 9.80 Å². The SMILES string of the molecule is CN1CC2(CCN(C3CSCCSC3)CC2)CC(c2ccccc2)C1=O. The summed E-state index contributed by atoms with van der Waals surface area (Å²) in [5.74, 6) is 5.57. The van der Waals surface area contributed by atoms with Gasteiger partial charge >= 0.3 is 0 Å². The van der Waals surface area contributed by atoms with Crippen LogP contribution in [-0.4, -0.2) is 71.4 Å². The summed E-state index contributed by atoms with van der Waals surface area (Å²) in [6.07, 6.45) is 3.50. The maximum Gasteiger partial charge on any atom is 0.229 e. The zero-order valence-electron chi connectivity index (χ0n) is 15.7. The van der Waals surface area contributed by atoms with Gasteiger partial charge in [0.15, 0.2) is 0 Å². The van der Waals surface area contributed by atoms with Crippen molar-refractivity contribution in [3.05, 3.63) is 35.9 Å². The highest BCUT2D eigenvalue weighted by molar-refractivity contribution is 8.03. The molecular weight excluding hydrogens is 360 g/mol. The first-order valence-electron chi connectivity index (χ1n) is 9.86. The van der Waals surface area contributed by atoms with E-state index in [1.807, 2.05) is 18.0 Å². The summed E-state index contributed by atoms with van der Waals surface area (Å²) in [6.45, 7) is 3.35. The highest BCUT2D eigenvalue weighted by Crippen LogP contribution is 2.45. The fraction of sp³-hybridized carbons (Fsp3) is 0.667. The number of likely N-dealkylation sites (tertiary alicyclic amines) is 2. The number of carbonyl (C=O) groups is 1. The maximum atomic E-state index is 12.8. The normalized spacial score (nSPS) is 28.3. The van der Waals surface area contributed by atoms with Crippen LogP contribution in [0, 0.1) is 5.41 Å². The van der Waals surface area contributed by atoms with Crippen LogP contribution in [0.3, 0.4) is 0 Å². The molecule has 26 heavy (non-hydrogen) atoms. The van der Waals surface area contributed by atoms with E-state index in [1.54, 1.807) is 0 Å². The van der Waals surface area contributed by atoms with E-state index in [9.17, 15) is 4.79 Å². The third-order valence-electron chi connectivity index (χ3n) is 6.45. The van der Waals surface area contributed by atoms with Crippen LogP contribution in [0.2, 0.25) is 0 Å². The van der Waals surface area contributed by atoms with Crippen molar-refractivity contribution >= 4 is 29.4 Å². The molecule has 1 spiro atoms. The molecule has 0 N–H and O–H groups in total. The molecule has 3 aliphatic heterocycles. The summed E-state index contributed by atoms with van der Waals surface area (Å²) >= 11 is 4.26. The van der Waals surface area contributed by atoms with Gasteiger partial charge in [0, 0.05) is 42.6 Å². The van der Waals surface area contributed by atoms with Gasteiger partial charge < -0.3 is 4.90 Å². The third-order valence-corrected chi connectivity index (χ3v) is 8.94. The van der Waals surface area contributed by atoms with Gasteiger partial charge in [-0.1, -0.05) is 30.3 Å². The zero-order valence-corrected chi connectivity index (χ0v) is 17.4. The molecule has 3 nitrogen and oxygen atoms in total. The quantitative estimate of drug-likeness (QED) is 0.770. The average molecular weight is 391 g/mol. The smallest absolute Gasteiger partial charge is 0.229 e. The van der Waals surface area contributed by atoms with Crippen molar-refractivity contribution in [3.8, 4) is 0 Å². The molecule has 3 aliphatic rings. The molecule has 0 aromatic heterocycles. The summed E-state index contributed by atoms with van der Waals surface area (Å²) in [4.78, 5) is 17.6. The lowest BCUT2D eigenvalue weighted by molar-refractivity contribution is -0.139. The van der Waals surface area contributed by atoms with Crippen molar-refractivity contribution in [2.75, 3.05) is 49.7 Å². The molecule has 1 atom stereocenters. The fourth-order valence-corrected chi connectivity index (χ4v) is 7.55. The van der Waals surface area contributed by atoms with Crippen molar-refractivity contribution in [2.24, 2.45) is 5.41 Å². The number of hydrogen-bond donors (Lipinski definition) is 0. The molecule has 1 amide bonds. The highest BCUT2D eigenvalue weighted by Gasteiger charge is 2.45. The lowest BCUT2D eigenvalue weighted by Gasteiger charge is -2.50. The van der Waals surface area contributed by atoms with Gasteiger partial charge in [-0.25, -0.2) is 0 Å². The molecule has 3 saturated heterocycles. The number of likely N-dealkylation sites (N-methyl/N-ethyl adjacent to an activating group) is 1. The number of carbonyl (C=O) groups excluding carboxylic acids is 1. The molecule has 4 rings (SSSR count).